The minimum Gasteiger partial charge on any atom is -0.395 e. The predicted molar refractivity (Wildman–Crippen MR) is 80.6 cm³/mol. The van der Waals surface area contributed by atoms with E-state index in [2.05, 4.69) is 41.4 Å². The van der Waals surface area contributed by atoms with Gasteiger partial charge in [0, 0.05) is 30.9 Å². The average Bonchev–Trinajstić information content (AvgIpc) is 2.48. The molecular formula is C16H26N2O. The largest absolute Gasteiger partial charge is 0.395 e. The number of anilines is 1. The van der Waals surface area contributed by atoms with E-state index in [-0.39, 0.29) is 18.7 Å². The van der Waals surface area contributed by atoms with Crippen molar-refractivity contribution in [1.82, 2.24) is 5.32 Å². The Hall–Kier alpha value is -1.06. The van der Waals surface area contributed by atoms with Gasteiger partial charge in [0.2, 0.25) is 0 Å². The molecule has 2 atom stereocenters. The third-order valence-corrected chi connectivity index (χ3v) is 3.92. The van der Waals surface area contributed by atoms with Gasteiger partial charge in [-0.1, -0.05) is 12.1 Å². The van der Waals surface area contributed by atoms with E-state index in [1.165, 1.54) is 43.6 Å². The number of hydrogen-bond donors (Lipinski definition) is 2. The third-order valence-electron chi connectivity index (χ3n) is 3.92. The van der Waals surface area contributed by atoms with Crippen LogP contribution in [0.2, 0.25) is 0 Å². The Morgan fingerprint density at radius 2 is 1.74 bits per heavy atom. The average molecular weight is 262 g/mol. The minimum absolute atomic E-state index is 0.136. The highest BCUT2D eigenvalue weighted by Gasteiger charge is 2.12. The lowest BCUT2D eigenvalue weighted by Crippen LogP contribution is -2.32. The van der Waals surface area contributed by atoms with Crippen molar-refractivity contribution in [1.29, 1.82) is 0 Å². The van der Waals surface area contributed by atoms with Gasteiger partial charge >= 0.3 is 0 Å². The van der Waals surface area contributed by atoms with Crippen LogP contribution in [0.25, 0.3) is 0 Å². The lowest BCUT2D eigenvalue weighted by molar-refractivity contribution is 0.243. The summed E-state index contributed by atoms with van der Waals surface area (Å²) >= 11 is 0. The van der Waals surface area contributed by atoms with Gasteiger partial charge in [0.25, 0.3) is 0 Å². The second-order valence-corrected chi connectivity index (χ2v) is 5.61. The number of piperidine rings is 1. The van der Waals surface area contributed by atoms with Crippen LogP contribution in [0.3, 0.4) is 0 Å². The third kappa shape index (κ3) is 3.95. The summed E-state index contributed by atoms with van der Waals surface area (Å²) in [5, 5.41) is 12.5. The highest BCUT2D eigenvalue weighted by molar-refractivity contribution is 5.48. The van der Waals surface area contributed by atoms with Crippen LogP contribution >= 0.6 is 0 Å². The summed E-state index contributed by atoms with van der Waals surface area (Å²) in [5.41, 5.74) is 2.62. The zero-order valence-electron chi connectivity index (χ0n) is 12.1. The number of aliphatic hydroxyl groups excluding tert-OH is 1. The molecule has 0 aromatic heterocycles. The van der Waals surface area contributed by atoms with Crippen LogP contribution in [0, 0.1) is 0 Å². The maximum absolute atomic E-state index is 9.08. The Morgan fingerprint density at radius 1 is 1.11 bits per heavy atom. The molecule has 2 N–H and O–H groups in total. The topological polar surface area (TPSA) is 35.5 Å². The summed E-state index contributed by atoms with van der Waals surface area (Å²) in [6.07, 6.45) is 4.00. The number of nitrogens with one attached hydrogen (secondary N) is 1. The first-order valence-corrected chi connectivity index (χ1v) is 7.42. The molecular weight excluding hydrogens is 236 g/mol. The summed E-state index contributed by atoms with van der Waals surface area (Å²) in [7, 11) is 0. The molecule has 0 spiro atoms. The van der Waals surface area contributed by atoms with Crippen molar-refractivity contribution in [2.24, 2.45) is 0 Å². The summed E-state index contributed by atoms with van der Waals surface area (Å²) < 4.78 is 0. The molecule has 3 heteroatoms. The van der Waals surface area contributed by atoms with Crippen molar-refractivity contribution in [2.75, 3.05) is 24.6 Å². The Kier molecular flexibility index (Phi) is 5.23. The number of rotatable bonds is 5. The van der Waals surface area contributed by atoms with Crippen molar-refractivity contribution in [3.63, 3.8) is 0 Å². The highest BCUT2D eigenvalue weighted by atomic mass is 16.3. The molecule has 1 aliphatic heterocycles. The summed E-state index contributed by atoms with van der Waals surface area (Å²) in [5.74, 6) is 0. The molecule has 2 rings (SSSR count). The Morgan fingerprint density at radius 3 is 2.32 bits per heavy atom. The summed E-state index contributed by atoms with van der Waals surface area (Å²) in [4.78, 5) is 2.47. The monoisotopic (exact) mass is 262 g/mol. The van der Waals surface area contributed by atoms with E-state index >= 15 is 0 Å². The second-order valence-electron chi connectivity index (χ2n) is 5.61. The molecule has 0 amide bonds. The van der Waals surface area contributed by atoms with Crippen molar-refractivity contribution in [3.05, 3.63) is 29.8 Å². The van der Waals surface area contributed by atoms with Crippen LogP contribution in [-0.4, -0.2) is 30.8 Å². The van der Waals surface area contributed by atoms with E-state index in [1.54, 1.807) is 0 Å². The fourth-order valence-electron chi connectivity index (χ4n) is 2.70. The van der Waals surface area contributed by atoms with Gasteiger partial charge in [0.1, 0.15) is 0 Å². The van der Waals surface area contributed by atoms with Crippen LogP contribution in [0.4, 0.5) is 5.69 Å². The van der Waals surface area contributed by atoms with E-state index in [1.807, 2.05) is 6.92 Å². The molecule has 1 heterocycles. The van der Waals surface area contributed by atoms with E-state index < -0.39 is 0 Å². The SMILES string of the molecule is CC(CO)NC(C)c1ccc(N2CCCCC2)cc1. The van der Waals surface area contributed by atoms with Gasteiger partial charge in [0.15, 0.2) is 0 Å². The fraction of sp³-hybridized carbons (Fsp3) is 0.625. The van der Waals surface area contributed by atoms with E-state index in [4.69, 9.17) is 5.11 Å². The molecule has 3 nitrogen and oxygen atoms in total. The molecule has 106 valence electrons. The summed E-state index contributed by atoms with van der Waals surface area (Å²) in [6, 6.07) is 9.26. The van der Waals surface area contributed by atoms with Crippen molar-refractivity contribution >= 4 is 5.69 Å². The lowest BCUT2D eigenvalue weighted by atomic mass is 10.1. The number of benzene rings is 1. The van der Waals surface area contributed by atoms with Gasteiger partial charge in [-0.2, -0.15) is 0 Å². The van der Waals surface area contributed by atoms with Gasteiger partial charge in [-0.25, -0.2) is 0 Å². The number of nitrogens with zero attached hydrogens (tertiary/aromatic N) is 1. The van der Waals surface area contributed by atoms with Crippen molar-refractivity contribution in [3.8, 4) is 0 Å². The van der Waals surface area contributed by atoms with E-state index in [0.717, 1.165) is 0 Å². The first-order chi connectivity index (χ1) is 9.20. The van der Waals surface area contributed by atoms with Crippen LogP contribution in [0.5, 0.6) is 0 Å². The standard InChI is InChI=1S/C16H26N2O/c1-13(12-19)17-14(2)15-6-8-16(9-7-15)18-10-4-3-5-11-18/h6-9,13-14,17,19H,3-5,10-12H2,1-2H3. The van der Waals surface area contributed by atoms with Crippen LogP contribution < -0.4 is 10.2 Å². The van der Waals surface area contributed by atoms with E-state index in [9.17, 15) is 0 Å². The zero-order chi connectivity index (χ0) is 13.7. The highest BCUT2D eigenvalue weighted by Crippen LogP contribution is 2.22. The van der Waals surface area contributed by atoms with Gasteiger partial charge in [0.05, 0.1) is 6.61 Å². The summed E-state index contributed by atoms with van der Waals surface area (Å²) in [6.45, 7) is 6.69. The van der Waals surface area contributed by atoms with Gasteiger partial charge in [-0.3, -0.25) is 0 Å². The Balaban J connectivity index is 1.97. The molecule has 19 heavy (non-hydrogen) atoms. The maximum Gasteiger partial charge on any atom is 0.0582 e. The quantitative estimate of drug-likeness (QED) is 0.856. The number of hydrogen-bond acceptors (Lipinski definition) is 3. The van der Waals surface area contributed by atoms with Crippen molar-refractivity contribution < 1.29 is 5.11 Å². The van der Waals surface area contributed by atoms with E-state index in [0.29, 0.717) is 0 Å². The van der Waals surface area contributed by atoms with Crippen LogP contribution in [0.1, 0.15) is 44.7 Å². The first-order valence-electron chi connectivity index (χ1n) is 7.42. The Labute approximate surface area is 116 Å². The van der Waals surface area contributed by atoms with Gasteiger partial charge in [-0.05, 0) is 50.8 Å². The molecule has 1 aliphatic rings. The Bertz CT molecular complexity index is 371. The molecule has 1 saturated heterocycles. The lowest BCUT2D eigenvalue weighted by Gasteiger charge is -2.29. The maximum atomic E-state index is 9.08. The predicted octanol–water partition coefficient (Wildman–Crippen LogP) is 2.71. The second kappa shape index (κ2) is 6.92. The van der Waals surface area contributed by atoms with Crippen LogP contribution in [0.15, 0.2) is 24.3 Å². The molecule has 2 unspecified atom stereocenters. The normalized spacial score (nSPS) is 19.2. The van der Waals surface area contributed by atoms with Gasteiger partial charge < -0.3 is 15.3 Å². The first kappa shape index (κ1) is 14.4. The molecule has 0 saturated carbocycles. The van der Waals surface area contributed by atoms with Gasteiger partial charge in [-0.15, -0.1) is 0 Å². The molecule has 1 fully saturated rings. The molecule has 1 aromatic carbocycles. The molecule has 0 radical (unpaired) electrons. The van der Waals surface area contributed by atoms with Crippen molar-refractivity contribution in [2.45, 2.75) is 45.2 Å². The number of aliphatic hydroxyl groups is 1. The molecule has 1 aromatic rings. The minimum atomic E-state index is 0.136. The van der Waals surface area contributed by atoms with Crippen LogP contribution in [-0.2, 0) is 0 Å². The zero-order valence-corrected chi connectivity index (χ0v) is 12.1. The molecule has 0 bridgehead atoms. The fourth-order valence-corrected chi connectivity index (χ4v) is 2.70. The molecule has 0 aliphatic carbocycles. The smallest absolute Gasteiger partial charge is 0.0582 e.